The molecule has 1 aliphatic carbocycles. The topological polar surface area (TPSA) is 88.4 Å². The van der Waals surface area contributed by atoms with Gasteiger partial charge in [0, 0.05) is 12.5 Å². The first-order chi connectivity index (χ1) is 15.9. The van der Waals surface area contributed by atoms with Gasteiger partial charge in [0.2, 0.25) is 0 Å². The molecule has 1 aromatic heterocycles. The number of hydrazone groups is 2. The monoisotopic (exact) mass is 465 g/mol. The van der Waals surface area contributed by atoms with Crippen molar-refractivity contribution >= 4 is 39.9 Å². The van der Waals surface area contributed by atoms with Crippen LogP contribution in [0.2, 0.25) is 0 Å². The number of benzene rings is 1. The highest BCUT2D eigenvalue weighted by atomic mass is 32.1. The lowest BCUT2D eigenvalue weighted by molar-refractivity contribution is -0.123. The first kappa shape index (κ1) is 22.9. The molecule has 1 unspecified atom stereocenters. The summed E-state index contributed by atoms with van der Waals surface area (Å²) in [5.74, 6) is 0.408. The van der Waals surface area contributed by atoms with Crippen molar-refractivity contribution in [1.29, 1.82) is 0 Å². The van der Waals surface area contributed by atoms with E-state index in [1.807, 2.05) is 55.6 Å². The maximum atomic E-state index is 12.9. The summed E-state index contributed by atoms with van der Waals surface area (Å²) in [6.07, 6.45) is 7.14. The summed E-state index contributed by atoms with van der Waals surface area (Å²) in [5.41, 5.74) is 6.42. The molecule has 2 aromatic rings. The zero-order chi connectivity index (χ0) is 23.4. The van der Waals surface area contributed by atoms with Crippen molar-refractivity contribution in [3.8, 4) is 5.75 Å². The van der Waals surface area contributed by atoms with Gasteiger partial charge in [-0.1, -0.05) is 30.4 Å². The summed E-state index contributed by atoms with van der Waals surface area (Å²) in [6.45, 7) is 5.98. The van der Waals surface area contributed by atoms with Crippen LogP contribution < -0.4 is 10.2 Å². The Kier molecular flexibility index (Phi) is 7.00. The lowest BCUT2D eigenvalue weighted by Gasteiger charge is -2.13. The summed E-state index contributed by atoms with van der Waals surface area (Å²) in [5, 5.41) is 12.9. The molecule has 1 amide bonds. The molecule has 1 N–H and O–H groups in total. The molecule has 1 atom stereocenters. The molecule has 2 heterocycles. The maximum Gasteiger partial charge on any atom is 0.296 e. The van der Waals surface area contributed by atoms with Crippen molar-refractivity contribution in [1.82, 2.24) is 9.99 Å². The number of aromatic nitrogens is 1. The first-order valence-corrected chi connectivity index (χ1v) is 11.7. The van der Waals surface area contributed by atoms with E-state index >= 15 is 0 Å². The summed E-state index contributed by atoms with van der Waals surface area (Å²) >= 11 is 1.51. The average Bonchev–Trinajstić information content (AvgIpc) is 3.37. The number of carbonyl (C=O) groups is 1. The predicted molar refractivity (Wildman–Crippen MR) is 132 cm³/mol. The van der Waals surface area contributed by atoms with E-state index in [0.717, 1.165) is 22.7 Å². The van der Waals surface area contributed by atoms with Crippen LogP contribution in [0.25, 0.3) is 5.57 Å². The number of hydrogen-bond donors (Lipinski definition) is 1. The van der Waals surface area contributed by atoms with Crippen molar-refractivity contribution in [2.24, 2.45) is 10.2 Å². The summed E-state index contributed by atoms with van der Waals surface area (Å²) in [4.78, 5) is 17.6. The van der Waals surface area contributed by atoms with Crippen LogP contribution in [0.1, 0.15) is 37.9 Å². The van der Waals surface area contributed by atoms with Gasteiger partial charge in [0.15, 0.2) is 5.71 Å². The largest absolute Gasteiger partial charge is 0.489 e. The number of methoxy groups -OCH3 is 1. The number of carbonyl (C=O) groups excluding carboxylic acids is 1. The van der Waals surface area contributed by atoms with Gasteiger partial charge in [-0.25, -0.2) is 9.99 Å². The molecular weight excluding hydrogens is 438 g/mol. The molecule has 0 saturated carbocycles. The number of nitrogens with one attached hydrogen (secondary N) is 1. The maximum absolute atomic E-state index is 12.9. The van der Waals surface area contributed by atoms with E-state index in [-0.39, 0.29) is 23.8 Å². The van der Waals surface area contributed by atoms with Crippen LogP contribution in [0, 0.1) is 0 Å². The van der Waals surface area contributed by atoms with E-state index < -0.39 is 0 Å². The normalized spacial score (nSPS) is 19.3. The second-order valence-electron chi connectivity index (χ2n) is 7.94. The Morgan fingerprint density at radius 1 is 1.33 bits per heavy atom. The Hall–Kier alpha value is -3.30. The Balaban J connectivity index is 1.42. The molecule has 2 aliphatic rings. The van der Waals surface area contributed by atoms with Gasteiger partial charge in [0.25, 0.3) is 5.91 Å². The first-order valence-electron chi connectivity index (χ1n) is 10.8. The fourth-order valence-corrected chi connectivity index (χ4v) is 4.21. The van der Waals surface area contributed by atoms with E-state index in [0.29, 0.717) is 23.7 Å². The fraction of sp³-hybridized carbons (Fsp3) is 0.333. The van der Waals surface area contributed by atoms with Gasteiger partial charge in [-0.3, -0.25) is 10.2 Å². The summed E-state index contributed by atoms with van der Waals surface area (Å²) < 4.78 is 11.1. The van der Waals surface area contributed by atoms with E-state index in [2.05, 4.69) is 26.7 Å². The SMILES string of the molecule is COC1C=CC(c2csc(CN3N=C(C)/C(=N\Nc4ccccc4OC(C)C)C3=O)n2)=CC1. The van der Waals surface area contributed by atoms with Crippen LogP contribution in [-0.2, 0) is 16.1 Å². The summed E-state index contributed by atoms with van der Waals surface area (Å²) in [7, 11) is 1.70. The van der Waals surface area contributed by atoms with Crippen molar-refractivity contribution in [3.63, 3.8) is 0 Å². The van der Waals surface area contributed by atoms with Crippen molar-refractivity contribution in [3.05, 3.63) is 58.6 Å². The van der Waals surface area contributed by atoms with Gasteiger partial charge in [0.1, 0.15) is 10.8 Å². The van der Waals surface area contributed by atoms with Crippen molar-refractivity contribution in [2.45, 2.75) is 45.9 Å². The van der Waals surface area contributed by atoms with Gasteiger partial charge in [-0.15, -0.1) is 11.3 Å². The van der Waals surface area contributed by atoms with E-state index in [1.165, 1.54) is 16.3 Å². The number of anilines is 1. The standard InChI is InChI=1S/C24H27N5O3S/c1-15(2)32-21-8-6-5-7-19(21)26-27-23-16(3)28-29(24(23)30)13-22-25-20(14-33-22)17-9-11-18(31-4)12-10-17/h5-11,14-15,18,26H,12-13H2,1-4H3/b27-23+. The third-order valence-electron chi connectivity index (χ3n) is 5.08. The third-order valence-corrected chi connectivity index (χ3v) is 5.92. The highest BCUT2D eigenvalue weighted by Crippen LogP contribution is 2.26. The minimum absolute atomic E-state index is 0.0250. The van der Waals surface area contributed by atoms with Crippen LogP contribution >= 0.6 is 11.3 Å². The molecule has 172 valence electrons. The van der Waals surface area contributed by atoms with Crippen LogP contribution in [-0.4, -0.2) is 46.6 Å². The van der Waals surface area contributed by atoms with Gasteiger partial charge in [0.05, 0.1) is 35.8 Å². The minimum Gasteiger partial charge on any atom is -0.489 e. The number of amides is 1. The molecule has 4 rings (SSSR count). The van der Waals surface area contributed by atoms with Crippen molar-refractivity contribution < 1.29 is 14.3 Å². The summed E-state index contributed by atoms with van der Waals surface area (Å²) in [6, 6.07) is 7.48. The van der Waals surface area contributed by atoms with Crippen LogP contribution in [0.3, 0.4) is 0 Å². The van der Waals surface area contributed by atoms with Crippen LogP contribution in [0.5, 0.6) is 5.75 Å². The zero-order valence-electron chi connectivity index (χ0n) is 19.1. The third kappa shape index (κ3) is 5.37. The van der Waals surface area contributed by atoms with Gasteiger partial charge < -0.3 is 9.47 Å². The number of allylic oxidation sites excluding steroid dienone is 2. The molecule has 1 aliphatic heterocycles. The average molecular weight is 466 g/mol. The minimum atomic E-state index is -0.265. The highest BCUT2D eigenvalue weighted by molar-refractivity contribution is 7.09. The number of ether oxygens (including phenoxy) is 2. The van der Waals surface area contributed by atoms with Gasteiger partial charge in [-0.05, 0) is 44.9 Å². The molecule has 33 heavy (non-hydrogen) atoms. The molecule has 9 heteroatoms. The molecule has 0 saturated heterocycles. The van der Waals surface area contributed by atoms with Crippen LogP contribution in [0.4, 0.5) is 5.69 Å². The molecular formula is C24H27N5O3S. The second kappa shape index (κ2) is 10.1. The van der Waals surface area contributed by atoms with E-state index in [4.69, 9.17) is 9.47 Å². The quantitative estimate of drug-likeness (QED) is 0.581. The zero-order valence-corrected chi connectivity index (χ0v) is 19.9. The molecule has 1 aromatic carbocycles. The highest BCUT2D eigenvalue weighted by Gasteiger charge is 2.30. The Bertz CT molecular complexity index is 1150. The fourth-order valence-electron chi connectivity index (χ4n) is 3.43. The van der Waals surface area contributed by atoms with E-state index in [1.54, 1.807) is 14.0 Å². The molecule has 0 bridgehead atoms. The van der Waals surface area contributed by atoms with Crippen molar-refractivity contribution in [2.75, 3.05) is 12.5 Å². The Labute approximate surface area is 197 Å². The number of rotatable bonds is 8. The molecule has 0 radical (unpaired) electrons. The predicted octanol–water partition coefficient (Wildman–Crippen LogP) is 4.47. The molecule has 0 fully saturated rings. The van der Waals surface area contributed by atoms with Gasteiger partial charge >= 0.3 is 0 Å². The lowest BCUT2D eigenvalue weighted by atomic mass is 10.0. The Morgan fingerprint density at radius 2 is 2.15 bits per heavy atom. The number of hydrogen-bond acceptors (Lipinski definition) is 8. The lowest BCUT2D eigenvalue weighted by Crippen LogP contribution is -2.27. The number of nitrogens with zero attached hydrogens (tertiary/aromatic N) is 4. The van der Waals surface area contributed by atoms with Crippen LogP contribution in [0.15, 0.2) is 58.1 Å². The van der Waals surface area contributed by atoms with E-state index in [9.17, 15) is 4.79 Å². The number of thiazole rings is 1. The second-order valence-corrected chi connectivity index (χ2v) is 8.88. The Morgan fingerprint density at radius 3 is 2.88 bits per heavy atom. The molecule has 8 nitrogen and oxygen atoms in total. The smallest absolute Gasteiger partial charge is 0.296 e. The number of para-hydroxylation sites is 2. The molecule has 0 spiro atoms. The van der Waals surface area contributed by atoms with Gasteiger partial charge in [-0.2, -0.15) is 10.2 Å².